The summed E-state index contributed by atoms with van der Waals surface area (Å²) in [7, 11) is 0. The van der Waals surface area contributed by atoms with Crippen LogP contribution in [0.5, 0.6) is 5.75 Å². The number of para-hydroxylation sites is 1. The largest absolute Gasteiger partial charge is 0.508 e. The highest BCUT2D eigenvalue weighted by molar-refractivity contribution is 5.71. The lowest BCUT2D eigenvalue weighted by Gasteiger charge is -2.14. The van der Waals surface area contributed by atoms with Crippen molar-refractivity contribution in [1.82, 2.24) is 5.32 Å². The zero-order valence-corrected chi connectivity index (χ0v) is 9.56. The number of benzene rings is 1. The Morgan fingerprint density at radius 1 is 1.50 bits per heavy atom. The Balaban J connectivity index is 2.50. The maximum absolute atomic E-state index is 11.1. The van der Waals surface area contributed by atoms with Crippen molar-refractivity contribution in [2.45, 2.75) is 19.9 Å². The Morgan fingerprint density at radius 2 is 2.19 bits per heavy atom. The first-order valence-electron chi connectivity index (χ1n) is 5.32. The smallest absolute Gasteiger partial charge is 0.319 e. The lowest BCUT2D eigenvalue weighted by Crippen LogP contribution is -2.27. The van der Waals surface area contributed by atoms with Gasteiger partial charge in [0.2, 0.25) is 0 Å². The van der Waals surface area contributed by atoms with E-state index in [1.54, 1.807) is 19.1 Å². The van der Waals surface area contributed by atoms with E-state index < -0.39 is 0 Å². The number of phenols is 1. The second-order valence-electron chi connectivity index (χ2n) is 3.47. The van der Waals surface area contributed by atoms with Crippen molar-refractivity contribution in [2.24, 2.45) is 0 Å². The molecule has 0 saturated carbocycles. The molecule has 0 amide bonds. The average molecular weight is 223 g/mol. The van der Waals surface area contributed by atoms with Gasteiger partial charge in [0.05, 0.1) is 13.2 Å². The number of aromatic hydroxyl groups is 1. The van der Waals surface area contributed by atoms with Crippen LogP contribution < -0.4 is 5.32 Å². The summed E-state index contributed by atoms with van der Waals surface area (Å²) in [5.41, 5.74) is 0.770. The third kappa shape index (κ3) is 3.55. The maximum atomic E-state index is 11.1. The normalized spacial score (nSPS) is 12.1. The highest BCUT2D eigenvalue weighted by atomic mass is 16.5. The molecule has 1 atom stereocenters. The van der Waals surface area contributed by atoms with Gasteiger partial charge in [0, 0.05) is 11.6 Å². The molecule has 0 heterocycles. The van der Waals surface area contributed by atoms with Gasteiger partial charge in [0.15, 0.2) is 0 Å². The molecule has 1 unspecified atom stereocenters. The highest BCUT2D eigenvalue weighted by Crippen LogP contribution is 2.22. The molecule has 0 aromatic heterocycles. The molecule has 0 bridgehead atoms. The summed E-state index contributed by atoms with van der Waals surface area (Å²) in [6, 6.07) is 6.95. The number of carbonyl (C=O) groups is 1. The SMILES string of the molecule is CCOC(=O)CNC(C)c1ccccc1O. The Kier molecular flexibility index (Phi) is 4.79. The molecule has 0 fully saturated rings. The second kappa shape index (κ2) is 6.12. The summed E-state index contributed by atoms with van der Waals surface area (Å²) in [6.45, 7) is 4.17. The zero-order chi connectivity index (χ0) is 12.0. The minimum Gasteiger partial charge on any atom is -0.508 e. The lowest BCUT2D eigenvalue weighted by molar-refractivity contribution is -0.142. The molecule has 4 nitrogen and oxygen atoms in total. The van der Waals surface area contributed by atoms with Crippen molar-refractivity contribution in [3.63, 3.8) is 0 Å². The first-order chi connectivity index (χ1) is 7.65. The Labute approximate surface area is 95.2 Å². The van der Waals surface area contributed by atoms with Crippen LogP contribution in [0.2, 0.25) is 0 Å². The van der Waals surface area contributed by atoms with Gasteiger partial charge >= 0.3 is 5.97 Å². The van der Waals surface area contributed by atoms with Crippen molar-refractivity contribution in [1.29, 1.82) is 0 Å². The molecule has 16 heavy (non-hydrogen) atoms. The third-order valence-electron chi connectivity index (χ3n) is 2.26. The molecular weight excluding hydrogens is 206 g/mol. The van der Waals surface area contributed by atoms with Gasteiger partial charge in [-0.25, -0.2) is 0 Å². The van der Waals surface area contributed by atoms with Crippen molar-refractivity contribution in [3.05, 3.63) is 29.8 Å². The summed E-state index contributed by atoms with van der Waals surface area (Å²) >= 11 is 0. The van der Waals surface area contributed by atoms with Crippen LogP contribution in [-0.2, 0) is 9.53 Å². The van der Waals surface area contributed by atoms with Crippen molar-refractivity contribution in [3.8, 4) is 5.75 Å². The fourth-order valence-electron chi connectivity index (χ4n) is 1.41. The van der Waals surface area contributed by atoms with Crippen LogP contribution >= 0.6 is 0 Å². The summed E-state index contributed by atoms with van der Waals surface area (Å²) in [4.78, 5) is 11.1. The number of rotatable bonds is 5. The van der Waals surface area contributed by atoms with Gasteiger partial charge in [-0.1, -0.05) is 18.2 Å². The monoisotopic (exact) mass is 223 g/mol. The summed E-state index contributed by atoms with van der Waals surface area (Å²) in [6.07, 6.45) is 0. The van der Waals surface area contributed by atoms with Gasteiger partial charge in [-0.3, -0.25) is 4.79 Å². The van der Waals surface area contributed by atoms with E-state index in [-0.39, 0.29) is 24.3 Å². The second-order valence-corrected chi connectivity index (χ2v) is 3.47. The quantitative estimate of drug-likeness (QED) is 0.744. The van der Waals surface area contributed by atoms with Crippen LogP contribution in [0.1, 0.15) is 25.5 Å². The number of esters is 1. The Bertz CT molecular complexity index is 352. The van der Waals surface area contributed by atoms with Gasteiger partial charge in [0.1, 0.15) is 5.75 Å². The maximum Gasteiger partial charge on any atom is 0.319 e. The van der Waals surface area contributed by atoms with Gasteiger partial charge in [-0.2, -0.15) is 0 Å². The molecule has 1 aromatic rings. The molecule has 2 N–H and O–H groups in total. The minimum atomic E-state index is -0.287. The van der Waals surface area contributed by atoms with Crippen molar-refractivity contribution in [2.75, 3.05) is 13.2 Å². The fraction of sp³-hybridized carbons (Fsp3) is 0.417. The van der Waals surface area contributed by atoms with Gasteiger partial charge < -0.3 is 15.2 Å². The lowest BCUT2D eigenvalue weighted by atomic mass is 10.1. The van der Waals surface area contributed by atoms with E-state index in [1.807, 2.05) is 19.1 Å². The Hall–Kier alpha value is -1.55. The van der Waals surface area contributed by atoms with Crippen LogP contribution in [0.15, 0.2) is 24.3 Å². The molecule has 0 radical (unpaired) electrons. The molecule has 88 valence electrons. The highest BCUT2D eigenvalue weighted by Gasteiger charge is 2.10. The van der Waals surface area contributed by atoms with E-state index in [0.717, 1.165) is 5.56 Å². The molecule has 0 saturated heterocycles. The van der Waals surface area contributed by atoms with E-state index in [2.05, 4.69) is 5.32 Å². The van der Waals surface area contributed by atoms with Crippen molar-refractivity contribution >= 4 is 5.97 Å². The van der Waals surface area contributed by atoms with E-state index in [0.29, 0.717) is 6.61 Å². The molecule has 0 aliphatic heterocycles. The number of hydrogen-bond acceptors (Lipinski definition) is 4. The zero-order valence-electron chi connectivity index (χ0n) is 9.56. The predicted molar refractivity (Wildman–Crippen MR) is 61.2 cm³/mol. The minimum absolute atomic E-state index is 0.0920. The Morgan fingerprint density at radius 3 is 2.81 bits per heavy atom. The average Bonchev–Trinajstić information content (AvgIpc) is 2.27. The van der Waals surface area contributed by atoms with Crippen LogP contribution in [0.25, 0.3) is 0 Å². The summed E-state index contributed by atoms with van der Waals surface area (Å²) in [5, 5.41) is 12.6. The molecular formula is C12H17NO3. The number of hydrogen-bond donors (Lipinski definition) is 2. The van der Waals surface area contributed by atoms with E-state index >= 15 is 0 Å². The van der Waals surface area contributed by atoms with E-state index in [1.165, 1.54) is 0 Å². The number of phenolic OH excluding ortho intramolecular Hbond substituents is 1. The van der Waals surface area contributed by atoms with Crippen LogP contribution in [0.4, 0.5) is 0 Å². The molecule has 0 aliphatic carbocycles. The first-order valence-corrected chi connectivity index (χ1v) is 5.32. The van der Waals surface area contributed by atoms with Gasteiger partial charge in [0.25, 0.3) is 0 Å². The van der Waals surface area contributed by atoms with E-state index in [9.17, 15) is 9.90 Å². The molecule has 4 heteroatoms. The number of carbonyl (C=O) groups excluding carboxylic acids is 1. The molecule has 1 rings (SSSR count). The number of ether oxygens (including phenoxy) is 1. The standard InChI is InChI=1S/C12H17NO3/c1-3-16-12(15)8-13-9(2)10-6-4-5-7-11(10)14/h4-7,9,13-14H,3,8H2,1-2H3. The van der Waals surface area contributed by atoms with Crippen LogP contribution in [-0.4, -0.2) is 24.2 Å². The van der Waals surface area contributed by atoms with Gasteiger partial charge in [-0.05, 0) is 19.9 Å². The third-order valence-corrected chi connectivity index (χ3v) is 2.26. The topological polar surface area (TPSA) is 58.6 Å². The van der Waals surface area contributed by atoms with Crippen LogP contribution in [0.3, 0.4) is 0 Å². The molecule has 1 aromatic carbocycles. The molecule has 0 spiro atoms. The van der Waals surface area contributed by atoms with Crippen LogP contribution in [0, 0.1) is 0 Å². The fourth-order valence-corrected chi connectivity index (χ4v) is 1.41. The van der Waals surface area contributed by atoms with Crippen molar-refractivity contribution < 1.29 is 14.6 Å². The van der Waals surface area contributed by atoms with E-state index in [4.69, 9.17) is 4.74 Å². The number of nitrogens with one attached hydrogen (secondary N) is 1. The first kappa shape index (κ1) is 12.5. The summed E-state index contributed by atoms with van der Waals surface area (Å²) in [5.74, 6) is -0.0591. The van der Waals surface area contributed by atoms with Gasteiger partial charge in [-0.15, -0.1) is 0 Å². The molecule has 0 aliphatic rings. The summed E-state index contributed by atoms with van der Waals surface area (Å²) < 4.78 is 4.79. The predicted octanol–water partition coefficient (Wildman–Crippen LogP) is 1.61.